The number of hydrogen-bond acceptors (Lipinski definition) is 2. The average Bonchev–Trinajstić information content (AvgIpc) is 2.96. The van der Waals surface area contributed by atoms with Crippen LogP contribution in [0.3, 0.4) is 0 Å². The molecule has 21 heavy (non-hydrogen) atoms. The Morgan fingerprint density at radius 3 is 2.67 bits per heavy atom. The molecular weight excluding hydrogens is 326 g/mol. The fourth-order valence-corrected chi connectivity index (χ4v) is 3.69. The fraction of sp³-hybridized carbons (Fsp3) is 0.667. The number of halogens is 1. The molecule has 0 bridgehead atoms. The Labute approximate surface area is 137 Å². The first-order valence-corrected chi connectivity index (χ1v) is 9.10. The van der Waals surface area contributed by atoms with Gasteiger partial charge in [-0.2, -0.15) is 0 Å². The van der Waals surface area contributed by atoms with Crippen molar-refractivity contribution in [1.29, 1.82) is 0 Å². The summed E-state index contributed by atoms with van der Waals surface area (Å²) in [5.74, 6) is 1.02. The lowest BCUT2D eigenvalue weighted by atomic mass is 9.83. The molecule has 1 N–H and O–H groups in total. The summed E-state index contributed by atoms with van der Waals surface area (Å²) < 4.78 is 6.97. The molecule has 0 spiro atoms. The van der Waals surface area contributed by atoms with E-state index in [9.17, 15) is 0 Å². The third-order valence-corrected chi connectivity index (χ3v) is 5.21. The summed E-state index contributed by atoms with van der Waals surface area (Å²) in [6.07, 6.45) is 7.90. The molecular formula is C18H28BrNO. The monoisotopic (exact) mass is 353 g/mol. The molecule has 2 nitrogen and oxygen atoms in total. The van der Waals surface area contributed by atoms with Crippen LogP contribution in [0, 0.1) is 5.41 Å². The molecule has 1 aliphatic carbocycles. The minimum atomic E-state index is 0.538. The van der Waals surface area contributed by atoms with Gasteiger partial charge in [0.05, 0.1) is 6.61 Å². The van der Waals surface area contributed by atoms with Crippen molar-refractivity contribution in [3.8, 4) is 5.75 Å². The zero-order chi connectivity index (χ0) is 15.1. The van der Waals surface area contributed by atoms with Gasteiger partial charge in [-0.25, -0.2) is 0 Å². The second-order valence-electron chi connectivity index (χ2n) is 6.26. The number of rotatable bonds is 8. The summed E-state index contributed by atoms with van der Waals surface area (Å²) in [5.41, 5.74) is 1.79. The highest BCUT2D eigenvalue weighted by Gasteiger charge is 2.31. The van der Waals surface area contributed by atoms with Crippen molar-refractivity contribution in [2.24, 2.45) is 5.41 Å². The van der Waals surface area contributed by atoms with Gasteiger partial charge < -0.3 is 10.1 Å². The van der Waals surface area contributed by atoms with Crippen molar-refractivity contribution in [2.45, 2.75) is 58.9 Å². The van der Waals surface area contributed by atoms with Crippen LogP contribution in [0.15, 0.2) is 22.7 Å². The molecule has 0 atom stereocenters. The Hall–Kier alpha value is -0.540. The quantitative estimate of drug-likeness (QED) is 0.684. The van der Waals surface area contributed by atoms with E-state index in [-0.39, 0.29) is 0 Å². The van der Waals surface area contributed by atoms with E-state index in [1.807, 2.05) is 0 Å². The summed E-state index contributed by atoms with van der Waals surface area (Å²) in [6.45, 7) is 7.28. The number of nitrogens with one attached hydrogen (secondary N) is 1. The van der Waals surface area contributed by atoms with Gasteiger partial charge in [0.1, 0.15) is 5.75 Å². The van der Waals surface area contributed by atoms with Gasteiger partial charge in [-0.3, -0.25) is 0 Å². The molecule has 2 rings (SSSR count). The van der Waals surface area contributed by atoms with E-state index in [0.29, 0.717) is 5.41 Å². The smallest absolute Gasteiger partial charge is 0.123 e. The molecule has 1 saturated carbocycles. The molecule has 0 amide bonds. The van der Waals surface area contributed by atoms with Gasteiger partial charge in [-0.1, -0.05) is 42.6 Å². The van der Waals surface area contributed by atoms with Crippen molar-refractivity contribution in [3.05, 3.63) is 28.2 Å². The minimum Gasteiger partial charge on any atom is -0.493 e. The Bertz CT molecular complexity index is 441. The zero-order valence-corrected chi connectivity index (χ0v) is 15.0. The summed E-state index contributed by atoms with van der Waals surface area (Å²) in [5, 5.41) is 3.68. The number of hydrogen-bond donors (Lipinski definition) is 1. The minimum absolute atomic E-state index is 0.538. The molecule has 1 fully saturated rings. The van der Waals surface area contributed by atoms with Crippen LogP contribution in [0.25, 0.3) is 0 Å². The molecule has 0 saturated heterocycles. The van der Waals surface area contributed by atoms with Crippen LogP contribution in [0.4, 0.5) is 0 Å². The predicted molar refractivity (Wildman–Crippen MR) is 92.8 cm³/mol. The van der Waals surface area contributed by atoms with Gasteiger partial charge in [0.2, 0.25) is 0 Å². The van der Waals surface area contributed by atoms with Crippen LogP contribution in [0.1, 0.15) is 57.9 Å². The topological polar surface area (TPSA) is 21.3 Å². The van der Waals surface area contributed by atoms with Crippen LogP contribution < -0.4 is 10.1 Å². The normalized spacial score (nSPS) is 17.1. The lowest BCUT2D eigenvalue weighted by molar-refractivity contribution is 0.266. The first-order valence-electron chi connectivity index (χ1n) is 8.31. The maximum Gasteiger partial charge on any atom is 0.123 e. The van der Waals surface area contributed by atoms with Gasteiger partial charge in [-0.15, -0.1) is 0 Å². The van der Waals surface area contributed by atoms with Gasteiger partial charge >= 0.3 is 0 Å². The molecule has 118 valence electrons. The van der Waals surface area contributed by atoms with Crippen molar-refractivity contribution in [3.63, 3.8) is 0 Å². The standard InChI is InChI=1S/C18H28BrNO/c1-3-11-21-17-8-7-16(19)12-15(17)13-20-14-18(4-2)9-5-6-10-18/h7-8,12,20H,3-6,9-11,13-14H2,1-2H3. The lowest BCUT2D eigenvalue weighted by Crippen LogP contribution is -2.31. The molecule has 0 aliphatic heterocycles. The third-order valence-electron chi connectivity index (χ3n) is 4.71. The van der Waals surface area contributed by atoms with Gasteiger partial charge in [0.15, 0.2) is 0 Å². The zero-order valence-electron chi connectivity index (χ0n) is 13.4. The Morgan fingerprint density at radius 2 is 2.00 bits per heavy atom. The first-order chi connectivity index (χ1) is 10.2. The number of ether oxygens (including phenoxy) is 1. The second-order valence-corrected chi connectivity index (χ2v) is 7.18. The van der Waals surface area contributed by atoms with E-state index in [2.05, 4.69) is 53.3 Å². The summed E-state index contributed by atoms with van der Waals surface area (Å²) >= 11 is 3.56. The van der Waals surface area contributed by atoms with Gasteiger partial charge in [0.25, 0.3) is 0 Å². The lowest BCUT2D eigenvalue weighted by Gasteiger charge is -2.28. The van der Waals surface area contributed by atoms with E-state index < -0.39 is 0 Å². The highest BCUT2D eigenvalue weighted by molar-refractivity contribution is 9.10. The molecule has 0 heterocycles. The maximum atomic E-state index is 5.85. The average molecular weight is 354 g/mol. The van der Waals surface area contributed by atoms with Crippen LogP contribution >= 0.6 is 15.9 Å². The van der Waals surface area contributed by atoms with E-state index in [4.69, 9.17) is 4.74 Å². The first kappa shape index (κ1) is 16.8. The highest BCUT2D eigenvalue weighted by atomic mass is 79.9. The molecule has 0 radical (unpaired) electrons. The molecule has 3 heteroatoms. The van der Waals surface area contributed by atoms with Crippen molar-refractivity contribution in [2.75, 3.05) is 13.2 Å². The third kappa shape index (κ3) is 4.72. The van der Waals surface area contributed by atoms with Crippen molar-refractivity contribution >= 4 is 15.9 Å². The highest BCUT2D eigenvalue weighted by Crippen LogP contribution is 2.40. The van der Waals surface area contributed by atoms with Crippen LogP contribution in [-0.4, -0.2) is 13.2 Å². The van der Waals surface area contributed by atoms with E-state index >= 15 is 0 Å². The van der Waals surface area contributed by atoms with E-state index in [0.717, 1.165) is 36.3 Å². The van der Waals surface area contributed by atoms with Gasteiger partial charge in [0, 0.05) is 23.1 Å². The predicted octanol–water partition coefficient (Wildman–Crippen LogP) is 5.30. The largest absolute Gasteiger partial charge is 0.493 e. The molecule has 0 unspecified atom stereocenters. The van der Waals surface area contributed by atoms with E-state index in [1.54, 1.807) is 0 Å². The van der Waals surface area contributed by atoms with Crippen LogP contribution in [0.2, 0.25) is 0 Å². The Morgan fingerprint density at radius 1 is 1.24 bits per heavy atom. The van der Waals surface area contributed by atoms with Crippen molar-refractivity contribution < 1.29 is 4.74 Å². The van der Waals surface area contributed by atoms with Gasteiger partial charge in [-0.05, 0) is 49.3 Å². The van der Waals surface area contributed by atoms with E-state index in [1.165, 1.54) is 37.7 Å². The molecule has 1 aliphatic rings. The summed E-state index contributed by atoms with van der Waals surface area (Å²) in [7, 11) is 0. The van der Waals surface area contributed by atoms with Crippen molar-refractivity contribution in [1.82, 2.24) is 5.32 Å². The molecule has 1 aromatic carbocycles. The number of benzene rings is 1. The molecule has 0 aromatic heterocycles. The summed E-state index contributed by atoms with van der Waals surface area (Å²) in [4.78, 5) is 0. The Balaban J connectivity index is 1.93. The van der Waals surface area contributed by atoms with Crippen LogP contribution in [0.5, 0.6) is 5.75 Å². The fourth-order valence-electron chi connectivity index (χ4n) is 3.28. The van der Waals surface area contributed by atoms with Crippen LogP contribution in [-0.2, 0) is 6.54 Å². The SMILES string of the molecule is CCCOc1ccc(Br)cc1CNCC1(CC)CCCC1. The summed E-state index contributed by atoms with van der Waals surface area (Å²) in [6, 6.07) is 6.30. The maximum absolute atomic E-state index is 5.85. The second kappa shape index (κ2) is 8.19. The Kier molecular flexibility index (Phi) is 6.56. The molecule has 1 aromatic rings.